The summed E-state index contributed by atoms with van der Waals surface area (Å²) >= 11 is 0. The first-order valence-corrected chi connectivity index (χ1v) is 4.70. The summed E-state index contributed by atoms with van der Waals surface area (Å²) in [6, 6.07) is 3.66. The third-order valence-electron chi connectivity index (χ3n) is 2.14. The molecule has 82 valence electrons. The predicted octanol–water partition coefficient (Wildman–Crippen LogP) is 0.948. The molecule has 0 saturated carbocycles. The minimum absolute atomic E-state index is 0.241. The standard InChI is InChI=1S/C10H11N5O/c1-6-3-2-4-12-9(6)14-10(16)8-7(11)5-13-15-8/h2-5H,11H2,1H3,(H,13,15)(H,12,14,16). The fourth-order valence-electron chi connectivity index (χ4n) is 1.26. The van der Waals surface area contributed by atoms with Crippen LogP contribution in [-0.2, 0) is 0 Å². The Bertz CT molecular complexity index is 519. The molecule has 0 bridgehead atoms. The lowest BCUT2D eigenvalue weighted by atomic mass is 10.3. The van der Waals surface area contributed by atoms with Crippen molar-refractivity contribution in [2.45, 2.75) is 6.92 Å². The fourth-order valence-corrected chi connectivity index (χ4v) is 1.26. The number of hydrogen-bond donors (Lipinski definition) is 3. The molecule has 0 atom stereocenters. The molecular formula is C10H11N5O. The highest BCUT2D eigenvalue weighted by atomic mass is 16.2. The second-order valence-corrected chi connectivity index (χ2v) is 3.32. The average molecular weight is 217 g/mol. The number of amides is 1. The molecule has 2 aromatic heterocycles. The number of nitrogens with zero attached hydrogens (tertiary/aromatic N) is 2. The SMILES string of the molecule is Cc1cccnc1NC(=O)c1[nH]ncc1N. The summed E-state index contributed by atoms with van der Waals surface area (Å²) in [6.45, 7) is 1.86. The number of nitrogens with two attached hydrogens (primary N) is 1. The van der Waals surface area contributed by atoms with Crippen LogP contribution in [0, 0.1) is 6.92 Å². The smallest absolute Gasteiger partial charge is 0.276 e. The Labute approximate surface area is 91.9 Å². The maximum absolute atomic E-state index is 11.7. The molecule has 0 unspecified atom stereocenters. The van der Waals surface area contributed by atoms with Gasteiger partial charge in [0.25, 0.3) is 5.91 Å². The quantitative estimate of drug-likeness (QED) is 0.697. The van der Waals surface area contributed by atoms with Crippen LogP contribution < -0.4 is 11.1 Å². The van der Waals surface area contributed by atoms with E-state index in [1.54, 1.807) is 12.3 Å². The summed E-state index contributed by atoms with van der Waals surface area (Å²) in [6.07, 6.45) is 3.00. The average Bonchev–Trinajstić information content (AvgIpc) is 2.68. The third kappa shape index (κ3) is 1.85. The van der Waals surface area contributed by atoms with Gasteiger partial charge in [-0.1, -0.05) is 6.07 Å². The molecule has 2 heterocycles. The van der Waals surface area contributed by atoms with E-state index in [0.29, 0.717) is 11.5 Å². The summed E-state index contributed by atoms with van der Waals surface area (Å²) in [7, 11) is 0. The van der Waals surface area contributed by atoms with E-state index in [1.165, 1.54) is 6.20 Å². The van der Waals surface area contributed by atoms with E-state index in [2.05, 4.69) is 20.5 Å². The van der Waals surface area contributed by atoms with Crippen molar-refractivity contribution in [1.82, 2.24) is 15.2 Å². The largest absolute Gasteiger partial charge is 0.396 e. The van der Waals surface area contributed by atoms with Gasteiger partial charge in [0, 0.05) is 6.20 Å². The van der Waals surface area contributed by atoms with Gasteiger partial charge in [0.05, 0.1) is 11.9 Å². The van der Waals surface area contributed by atoms with Gasteiger partial charge in [0.15, 0.2) is 0 Å². The summed E-state index contributed by atoms with van der Waals surface area (Å²) in [5.74, 6) is 0.165. The van der Waals surface area contributed by atoms with Crippen molar-refractivity contribution in [3.63, 3.8) is 0 Å². The van der Waals surface area contributed by atoms with Crippen LogP contribution in [0.25, 0.3) is 0 Å². The number of aromatic amines is 1. The molecule has 0 spiro atoms. The zero-order chi connectivity index (χ0) is 11.5. The van der Waals surface area contributed by atoms with E-state index < -0.39 is 0 Å². The topological polar surface area (TPSA) is 96.7 Å². The summed E-state index contributed by atoms with van der Waals surface area (Å²) in [5.41, 5.74) is 6.99. The lowest BCUT2D eigenvalue weighted by molar-refractivity contribution is 0.102. The zero-order valence-corrected chi connectivity index (χ0v) is 8.69. The second kappa shape index (κ2) is 4.01. The third-order valence-corrected chi connectivity index (χ3v) is 2.14. The van der Waals surface area contributed by atoms with E-state index in [1.807, 2.05) is 13.0 Å². The molecule has 4 N–H and O–H groups in total. The molecule has 6 nitrogen and oxygen atoms in total. The van der Waals surface area contributed by atoms with E-state index in [4.69, 9.17) is 5.73 Å². The summed E-state index contributed by atoms with van der Waals surface area (Å²) in [5, 5.41) is 8.86. The molecule has 0 aromatic carbocycles. The molecular weight excluding hydrogens is 206 g/mol. The van der Waals surface area contributed by atoms with Crippen LogP contribution in [0.4, 0.5) is 11.5 Å². The Morgan fingerprint density at radius 1 is 1.56 bits per heavy atom. The van der Waals surface area contributed by atoms with Gasteiger partial charge in [0.1, 0.15) is 11.5 Å². The molecule has 1 amide bonds. The Morgan fingerprint density at radius 3 is 3.00 bits per heavy atom. The van der Waals surface area contributed by atoms with Crippen LogP contribution in [-0.4, -0.2) is 21.1 Å². The minimum Gasteiger partial charge on any atom is -0.396 e. The normalized spacial score (nSPS) is 10.1. The summed E-state index contributed by atoms with van der Waals surface area (Å²) < 4.78 is 0. The van der Waals surface area contributed by atoms with Gasteiger partial charge in [-0.2, -0.15) is 5.10 Å². The molecule has 0 aliphatic heterocycles. The first-order valence-electron chi connectivity index (χ1n) is 4.70. The summed E-state index contributed by atoms with van der Waals surface area (Å²) in [4.78, 5) is 15.8. The van der Waals surface area contributed by atoms with Crippen molar-refractivity contribution >= 4 is 17.4 Å². The van der Waals surface area contributed by atoms with Crippen molar-refractivity contribution in [1.29, 1.82) is 0 Å². The number of pyridine rings is 1. The van der Waals surface area contributed by atoms with Gasteiger partial charge in [-0.25, -0.2) is 4.98 Å². The first-order chi connectivity index (χ1) is 7.68. The Hall–Kier alpha value is -2.37. The number of H-pyrrole nitrogens is 1. The number of anilines is 2. The lowest BCUT2D eigenvalue weighted by Gasteiger charge is -2.05. The number of carbonyl (C=O) groups is 1. The number of rotatable bonds is 2. The number of nitrogens with one attached hydrogen (secondary N) is 2. The van der Waals surface area contributed by atoms with Crippen molar-refractivity contribution in [3.05, 3.63) is 35.8 Å². The van der Waals surface area contributed by atoms with Gasteiger partial charge < -0.3 is 11.1 Å². The number of hydrogen-bond acceptors (Lipinski definition) is 4. The second-order valence-electron chi connectivity index (χ2n) is 3.32. The lowest BCUT2D eigenvalue weighted by Crippen LogP contribution is -2.15. The highest BCUT2D eigenvalue weighted by molar-refractivity contribution is 6.05. The van der Waals surface area contributed by atoms with Crippen LogP contribution in [0.5, 0.6) is 0 Å². The first kappa shape index (κ1) is 10.2. The van der Waals surface area contributed by atoms with E-state index in [9.17, 15) is 4.79 Å². The molecule has 2 aromatic rings. The van der Waals surface area contributed by atoms with Gasteiger partial charge in [-0.15, -0.1) is 0 Å². The van der Waals surface area contributed by atoms with Crippen LogP contribution in [0.2, 0.25) is 0 Å². The number of carbonyl (C=O) groups excluding carboxylic acids is 1. The van der Waals surface area contributed by atoms with Crippen LogP contribution in [0.15, 0.2) is 24.5 Å². The molecule has 0 fully saturated rings. The van der Waals surface area contributed by atoms with Crippen molar-refractivity contribution < 1.29 is 4.79 Å². The molecule has 0 saturated heterocycles. The molecule has 6 heteroatoms. The minimum atomic E-state index is -0.350. The maximum atomic E-state index is 11.7. The molecule has 0 radical (unpaired) electrons. The van der Waals surface area contributed by atoms with Crippen LogP contribution >= 0.6 is 0 Å². The number of nitrogen functional groups attached to an aromatic ring is 1. The van der Waals surface area contributed by atoms with E-state index in [-0.39, 0.29) is 11.6 Å². The fraction of sp³-hybridized carbons (Fsp3) is 0.100. The number of aromatic nitrogens is 3. The van der Waals surface area contributed by atoms with Crippen LogP contribution in [0.1, 0.15) is 16.1 Å². The predicted molar refractivity (Wildman–Crippen MR) is 59.9 cm³/mol. The maximum Gasteiger partial charge on any atom is 0.276 e. The van der Waals surface area contributed by atoms with Gasteiger partial charge in [0.2, 0.25) is 0 Å². The van der Waals surface area contributed by atoms with E-state index >= 15 is 0 Å². The Morgan fingerprint density at radius 2 is 2.38 bits per heavy atom. The molecule has 0 aliphatic rings. The van der Waals surface area contributed by atoms with Crippen molar-refractivity contribution in [2.75, 3.05) is 11.1 Å². The Kier molecular flexibility index (Phi) is 2.55. The monoisotopic (exact) mass is 217 g/mol. The Balaban J connectivity index is 2.21. The highest BCUT2D eigenvalue weighted by Crippen LogP contribution is 2.12. The van der Waals surface area contributed by atoms with Crippen molar-refractivity contribution in [3.8, 4) is 0 Å². The van der Waals surface area contributed by atoms with Crippen LogP contribution in [0.3, 0.4) is 0 Å². The van der Waals surface area contributed by atoms with Gasteiger partial charge in [-0.05, 0) is 18.6 Å². The molecule has 2 rings (SSSR count). The highest BCUT2D eigenvalue weighted by Gasteiger charge is 2.12. The van der Waals surface area contributed by atoms with Crippen molar-refractivity contribution in [2.24, 2.45) is 0 Å². The molecule has 16 heavy (non-hydrogen) atoms. The van der Waals surface area contributed by atoms with Gasteiger partial charge >= 0.3 is 0 Å². The zero-order valence-electron chi connectivity index (χ0n) is 8.69. The molecule has 0 aliphatic carbocycles. The number of aryl methyl sites for hydroxylation is 1. The van der Waals surface area contributed by atoms with Gasteiger partial charge in [-0.3, -0.25) is 9.89 Å². The van der Waals surface area contributed by atoms with E-state index in [0.717, 1.165) is 5.56 Å².